The van der Waals surface area contributed by atoms with Gasteiger partial charge in [0, 0.05) is 33.1 Å². The summed E-state index contributed by atoms with van der Waals surface area (Å²) in [5.74, 6) is 0.724. The van der Waals surface area contributed by atoms with Gasteiger partial charge >= 0.3 is 0 Å². The second-order valence-electron chi connectivity index (χ2n) is 9.53. The molecule has 5 aromatic carbocycles. The van der Waals surface area contributed by atoms with Gasteiger partial charge in [-0.05, 0) is 54.6 Å². The maximum atomic E-state index is 5.07. The van der Waals surface area contributed by atoms with E-state index >= 15 is 0 Å². The van der Waals surface area contributed by atoms with E-state index in [4.69, 9.17) is 9.97 Å². The second-order valence-corrected chi connectivity index (χ2v) is 9.53. The number of fused-ring (bicyclic) bond motifs is 6. The molecule has 0 radical (unpaired) electrons. The number of nitrogens with zero attached hydrogens (tertiary/aromatic N) is 4. The highest BCUT2D eigenvalue weighted by Gasteiger charge is 2.16. The molecule has 0 spiro atoms. The summed E-state index contributed by atoms with van der Waals surface area (Å²) in [6.45, 7) is 0. The molecule has 38 heavy (non-hydrogen) atoms. The highest BCUT2D eigenvalue weighted by molar-refractivity contribution is 6.09. The maximum Gasteiger partial charge on any atom is 0.159 e. The topological polar surface area (TPSA) is 35.6 Å². The summed E-state index contributed by atoms with van der Waals surface area (Å²) in [5, 5.41) is 3.64. The van der Waals surface area contributed by atoms with E-state index in [1.54, 1.807) is 0 Å². The van der Waals surface area contributed by atoms with E-state index in [2.05, 4.69) is 130 Å². The summed E-state index contributed by atoms with van der Waals surface area (Å²) in [6.07, 6.45) is 1.95. The molecule has 3 heterocycles. The molecule has 0 saturated heterocycles. The Hall–Kier alpha value is -5.22. The average molecular weight is 487 g/mol. The lowest BCUT2D eigenvalue weighted by atomic mass is 10.1. The minimum Gasteiger partial charge on any atom is -0.309 e. The van der Waals surface area contributed by atoms with Gasteiger partial charge in [-0.3, -0.25) is 0 Å². The standard InChI is InChI=1S/C34H22N4/c1-2-10-24(11-3-1)38-31-17-9-6-14-28(31)33-32(38)22-35-34(36-33)23-18-20-25(21-19-23)37-29-15-7-4-12-26(29)27-13-5-8-16-30(27)37/h1-22H. The zero-order chi connectivity index (χ0) is 25.1. The molecule has 0 amide bonds. The highest BCUT2D eigenvalue weighted by Crippen LogP contribution is 2.34. The molecule has 0 atom stereocenters. The summed E-state index contributed by atoms with van der Waals surface area (Å²) in [5.41, 5.74) is 8.71. The minimum atomic E-state index is 0.724. The van der Waals surface area contributed by atoms with Gasteiger partial charge in [-0.25, -0.2) is 9.97 Å². The Balaban J connectivity index is 1.27. The molecule has 0 aliphatic rings. The Kier molecular flexibility index (Phi) is 4.49. The van der Waals surface area contributed by atoms with E-state index in [0.29, 0.717) is 0 Å². The fraction of sp³-hybridized carbons (Fsp3) is 0. The summed E-state index contributed by atoms with van der Waals surface area (Å²) < 4.78 is 4.56. The third kappa shape index (κ3) is 3.04. The molecular weight excluding hydrogens is 464 g/mol. The van der Waals surface area contributed by atoms with E-state index in [1.165, 1.54) is 21.8 Å². The average Bonchev–Trinajstić information content (AvgIpc) is 3.50. The number of hydrogen-bond donors (Lipinski definition) is 0. The lowest BCUT2D eigenvalue weighted by Crippen LogP contribution is -1.96. The fourth-order valence-electron chi connectivity index (χ4n) is 5.69. The molecule has 0 bridgehead atoms. The number of rotatable bonds is 3. The largest absolute Gasteiger partial charge is 0.309 e. The highest BCUT2D eigenvalue weighted by atomic mass is 15.0. The van der Waals surface area contributed by atoms with Crippen molar-refractivity contribution in [3.05, 3.63) is 134 Å². The third-order valence-corrected chi connectivity index (χ3v) is 7.39. The summed E-state index contributed by atoms with van der Waals surface area (Å²) >= 11 is 0. The molecule has 0 aliphatic carbocycles. The first-order chi connectivity index (χ1) is 18.9. The Bertz CT molecular complexity index is 2060. The lowest BCUT2D eigenvalue weighted by molar-refractivity contribution is 1.14. The smallest absolute Gasteiger partial charge is 0.159 e. The first kappa shape index (κ1) is 20.9. The number of benzene rings is 5. The van der Waals surface area contributed by atoms with Crippen LogP contribution >= 0.6 is 0 Å². The second kappa shape index (κ2) is 8.15. The van der Waals surface area contributed by atoms with Crippen LogP contribution < -0.4 is 0 Å². The van der Waals surface area contributed by atoms with Gasteiger partial charge in [0.1, 0.15) is 5.52 Å². The van der Waals surface area contributed by atoms with Crippen LogP contribution in [0.5, 0.6) is 0 Å². The van der Waals surface area contributed by atoms with Crippen LogP contribution in [0.2, 0.25) is 0 Å². The number of para-hydroxylation sites is 4. The van der Waals surface area contributed by atoms with Crippen LogP contribution in [-0.4, -0.2) is 19.1 Å². The molecule has 3 aromatic heterocycles. The predicted molar refractivity (Wildman–Crippen MR) is 156 cm³/mol. The summed E-state index contributed by atoms with van der Waals surface area (Å²) in [4.78, 5) is 9.89. The van der Waals surface area contributed by atoms with Gasteiger partial charge in [-0.1, -0.05) is 72.8 Å². The van der Waals surface area contributed by atoms with Crippen LogP contribution in [0.4, 0.5) is 0 Å². The van der Waals surface area contributed by atoms with E-state index in [0.717, 1.165) is 44.7 Å². The van der Waals surface area contributed by atoms with E-state index in [-0.39, 0.29) is 0 Å². The van der Waals surface area contributed by atoms with Crippen molar-refractivity contribution in [2.24, 2.45) is 0 Å². The molecule has 0 aliphatic heterocycles. The molecule has 0 fully saturated rings. The molecule has 0 unspecified atom stereocenters. The van der Waals surface area contributed by atoms with Crippen molar-refractivity contribution >= 4 is 43.7 Å². The third-order valence-electron chi connectivity index (χ3n) is 7.39. The molecule has 4 heteroatoms. The Morgan fingerprint density at radius 1 is 0.421 bits per heavy atom. The molecule has 8 rings (SSSR count). The van der Waals surface area contributed by atoms with Crippen LogP contribution in [0, 0.1) is 0 Å². The van der Waals surface area contributed by atoms with Gasteiger partial charge in [0.25, 0.3) is 0 Å². The summed E-state index contributed by atoms with van der Waals surface area (Å²) in [6, 6.07) is 44.5. The van der Waals surface area contributed by atoms with Crippen LogP contribution in [-0.2, 0) is 0 Å². The van der Waals surface area contributed by atoms with Gasteiger partial charge in [-0.2, -0.15) is 0 Å². The van der Waals surface area contributed by atoms with Crippen LogP contribution in [0.3, 0.4) is 0 Å². The van der Waals surface area contributed by atoms with E-state index in [1.807, 2.05) is 12.3 Å². The normalized spacial score (nSPS) is 11.7. The Morgan fingerprint density at radius 2 is 0.921 bits per heavy atom. The van der Waals surface area contributed by atoms with Gasteiger partial charge < -0.3 is 9.13 Å². The first-order valence-electron chi connectivity index (χ1n) is 12.8. The maximum absolute atomic E-state index is 5.07. The van der Waals surface area contributed by atoms with Crippen molar-refractivity contribution in [3.63, 3.8) is 0 Å². The van der Waals surface area contributed by atoms with Crippen molar-refractivity contribution in [1.82, 2.24) is 19.1 Å². The van der Waals surface area contributed by atoms with Crippen molar-refractivity contribution in [3.8, 4) is 22.8 Å². The molecule has 8 aromatic rings. The Labute approximate surface area is 219 Å². The SMILES string of the molecule is c1ccc(-n2c3ccccc3c3nc(-c4ccc(-n5c6ccccc6c6ccccc65)cc4)ncc32)cc1. The van der Waals surface area contributed by atoms with Gasteiger partial charge in [0.05, 0.1) is 28.3 Å². The lowest BCUT2D eigenvalue weighted by Gasteiger charge is -2.09. The molecule has 4 nitrogen and oxygen atoms in total. The molecular formula is C34H22N4. The van der Waals surface area contributed by atoms with Gasteiger partial charge in [0.15, 0.2) is 5.82 Å². The zero-order valence-electron chi connectivity index (χ0n) is 20.5. The first-order valence-corrected chi connectivity index (χ1v) is 12.8. The Morgan fingerprint density at radius 3 is 1.58 bits per heavy atom. The number of hydrogen-bond acceptors (Lipinski definition) is 2. The van der Waals surface area contributed by atoms with Crippen molar-refractivity contribution in [1.29, 1.82) is 0 Å². The molecule has 0 N–H and O–H groups in total. The monoisotopic (exact) mass is 486 g/mol. The quantitative estimate of drug-likeness (QED) is 0.252. The zero-order valence-corrected chi connectivity index (χ0v) is 20.5. The fourth-order valence-corrected chi connectivity index (χ4v) is 5.69. The van der Waals surface area contributed by atoms with E-state index < -0.39 is 0 Å². The van der Waals surface area contributed by atoms with Gasteiger partial charge in [-0.15, -0.1) is 0 Å². The van der Waals surface area contributed by atoms with Crippen molar-refractivity contribution in [2.45, 2.75) is 0 Å². The minimum absolute atomic E-state index is 0.724. The van der Waals surface area contributed by atoms with Crippen molar-refractivity contribution in [2.75, 3.05) is 0 Å². The van der Waals surface area contributed by atoms with Crippen LogP contribution in [0.25, 0.3) is 66.5 Å². The van der Waals surface area contributed by atoms with E-state index in [9.17, 15) is 0 Å². The molecule has 178 valence electrons. The van der Waals surface area contributed by atoms with Gasteiger partial charge in [0.2, 0.25) is 0 Å². The van der Waals surface area contributed by atoms with Crippen LogP contribution in [0.1, 0.15) is 0 Å². The van der Waals surface area contributed by atoms with Crippen LogP contribution in [0.15, 0.2) is 134 Å². The number of aromatic nitrogens is 4. The molecule has 0 saturated carbocycles. The summed E-state index contributed by atoms with van der Waals surface area (Å²) in [7, 11) is 0. The van der Waals surface area contributed by atoms with Crippen molar-refractivity contribution < 1.29 is 0 Å². The predicted octanol–water partition coefficient (Wildman–Crippen LogP) is 8.34.